The second-order valence-electron chi connectivity index (χ2n) is 5.33. The fraction of sp³-hybridized carbons (Fsp3) is 0.438. The molecule has 0 atom stereocenters. The van der Waals surface area contributed by atoms with Gasteiger partial charge in [-0.25, -0.2) is 4.68 Å². The predicted octanol–water partition coefficient (Wildman–Crippen LogP) is 2.80. The quantitative estimate of drug-likeness (QED) is 0.818. The number of nitrogens with zero attached hydrogens (tertiary/aromatic N) is 4. The lowest BCUT2D eigenvalue weighted by molar-refractivity contribution is 0.340. The molecule has 5 heteroatoms. The first kappa shape index (κ1) is 15.0. The van der Waals surface area contributed by atoms with E-state index in [4.69, 9.17) is 4.74 Å². The second kappa shape index (κ2) is 6.89. The van der Waals surface area contributed by atoms with Crippen LogP contribution in [0.2, 0.25) is 0 Å². The monoisotopic (exact) mass is 284 g/mol. The van der Waals surface area contributed by atoms with Crippen LogP contribution >= 0.6 is 0 Å². The molecule has 110 valence electrons. The van der Waals surface area contributed by atoms with Crippen molar-refractivity contribution in [2.75, 3.05) is 6.61 Å². The van der Waals surface area contributed by atoms with Crippen molar-refractivity contribution < 1.29 is 4.74 Å². The molecule has 0 spiro atoms. The standard InChI is InChI=1S/C16H20N4O/c1-4-21-14-7-5-13(6-8-14)9-16-15(10-17)18-19-20(16)11-12(2)3/h5-8,12H,4,9,11H2,1-3H3. The number of ether oxygens (including phenoxy) is 1. The molecule has 0 aliphatic carbocycles. The third-order valence-electron chi connectivity index (χ3n) is 3.09. The van der Waals surface area contributed by atoms with Crippen molar-refractivity contribution >= 4 is 0 Å². The van der Waals surface area contributed by atoms with Gasteiger partial charge in [0.05, 0.1) is 12.3 Å². The highest BCUT2D eigenvalue weighted by molar-refractivity contribution is 5.33. The first-order valence-electron chi connectivity index (χ1n) is 7.18. The Kier molecular flexibility index (Phi) is 4.94. The Bertz CT molecular complexity index is 623. The number of nitriles is 1. The maximum atomic E-state index is 9.17. The summed E-state index contributed by atoms with van der Waals surface area (Å²) in [6.07, 6.45) is 0.648. The van der Waals surface area contributed by atoms with Gasteiger partial charge in [-0.3, -0.25) is 0 Å². The number of benzene rings is 1. The average Bonchev–Trinajstić information content (AvgIpc) is 2.83. The van der Waals surface area contributed by atoms with Gasteiger partial charge in [0.2, 0.25) is 0 Å². The highest BCUT2D eigenvalue weighted by atomic mass is 16.5. The molecule has 2 rings (SSSR count). The highest BCUT2D eigenvalue weighted by Gasteiger charge is 2.14. The Morgan fingerprint density at radius 2 is 2.00 bits per heavy atom. The van der Waals surface area contributed by atoms with E-state index >= 15 is 0 Å². The van der Waals surface area contributed by atoms with Gasteiger partial charge < -0.3 is 4.74 Å². The Morgan fingerprint density at radius 1 is 1.29 bits per heavy atom. The van der Waals surface area contributed by atoms with E-state index in [2.05, 4.69) is 30.2 Å². The summed E-state index contributed by atoms with van der Waals surface area (Å²) >= 11 is 0. The number of hydrogen-bond donors (Lipinski definition) is 0. The lowest BCUT2D eigenvalue weighted by Crippen LogP contribution is -2.10. The Morgan fingerprint density at radius 3 is 2.57 bits per heavy atom. The van der Waals surface area contributed by atoms with Crippen molar-refractivity contribution in [2.24, 2.45) is 5.92 Å². The molecule has 2 aromatic rings. The van der Waals surface area contributed by atoms with Crippen molar-refractivity contribution in [3.63, 3.8) is 0 Å². The molecule has 1 heterocycles. The first-order valence-corrected chi connectivity index (χ1v) is 7.18. The minimum Gasteiger partial charge on any atom is -0.494 e. The van der Waals surface area contributed by atoms with Crippen LogP contribution in [0.5, 0.6) is 5.75 Å². The Balaban J connectivity index is 2.21. The van der Waals surface area contributed by atoms with Gasteiger partial charge in [-0.2, -0.15) is 5.26 Å². The third-order valence-corrected chi connectivity index (χ3v) is 3.09. The molecule has 0 N–H and O–H groups in total. The average molecular weight is 284 g/mol. The SMILES string of the molecule is CCOc1ccc(Cc2c(C#N)nnn2CC(C)C)cc1. The molecule has 5 nitrogen and oxygen atoms in total. The molecule has 1 aromatic carbocycles. The van der Waals surface area contributed by atoms with Gasteiger partial charge >= 0.3 is 0 Å². The molecule has 0 aliphatic rings. The summed E-state index contributed by atoms with van der Waals surface area (Å²) in [7, 11) is 0. The predicted molar refractivity (Wildman–Crippen MR) is 80.0 cm³/mol. The first-order chi connectivity index (χ1) is 10.1. The fourth-order valence-electron chi connectivity index (χ4n) is 2.15. The Hall–Kier alpha value is -2.35. The summed E-state index contributed by atoms with van der Waals surface area (Å²) < 4.78 is 7.27. The molecule has 0 aliphatic heterocycles. The van der Waals surface area contributed by atoms with Crippen LogP contribution in [0.4, 0.5) is 0 Å². The second-order valence-corrected chi connectivity index (χ2v) is 5.33. The van der Waals surface area contributed by atoms with Gasteiger partial charge in [0.25, 0.3) is 0 Å². The topological polar surface area (TPSA) is 63.7 Å². The van der Waals surface area contributed by atoms with Crippen LogP contribution in [0.1, 0.15) is 37.7 Å². The van der Waals surface area contributed by atoms with Crippen molar-refractivity contribution in [1.82, 2.24) is 15.0 Å². The molecular weight excluding hydrogens is 264 g/mol. The molecule has 1 aromatic heterocycles. The molecule has 0 unspecified atom stereocenters. The minimum atomic E-state index is 0.407. The summed E-state index contributed by atoms with van der Waals surface area (Å²) in [6.45, 7) is 7.62. The van der Waals surface area contributed by atoms with E-state index in [-0.39, 0.29) is 0 Å². The van der Waals surface area contributed by atoms with E-state index in [1.807, 2.05) is 35.9 Å². The molecular formula is C16H20N4O. The smallest absolute Gasteiger partial charge is 0.186 e. The molecule has 0 fully saturated rings. The number of aromatic nitrogens is 3. The normalized spacial score (nSPS) is 10.6. The van der Waals surface area contributed by atoms with Crippen LogP contribution in [-0.4, -0.2) is 21.6 Å². The number of hydrogen-bond acceptors (Lipinski definition) is 4. The lowest BCUT2D eigenvalue weighted by Gasteiger charge is -2.09. The molecule has 21 heavy (non-hydrogen) atoms. The summed E-state index contributed by atoms with van der Waals surface area (Å²) in [4.78, 5) is 0. The van der Waals surface area contributed by atoms with Gasteiger partial charge in [0.15, 0.2) is 5.69 Å². The minimum absolute atomic E-state index is 0.407. The van der Waals surface area contributed by atoms with Crippen LogP contribution in [-0.2, 0) is 13.0 Å². The van der Waals surface area contributed by atoms with E-state index in [1.165, 1.54) is 0 Å². The van der Waals surface area contributed by atoms with Crippen LogP contribution in [0.15, 0.2) is 24.3 Å². The Labute approximate surface area is 125 Å². The highest BCUT2D eigenvalue weighted by Crippen LogP contribution is 2.17. The van der Waals surface area contributed by atoms with Crippen molar-refractivity contribution in [2.45, 2.75) is 33.7 Å². The maximum absolute atomic E-state index is 9.17. The molecule has 0 radical (unpaired) electrons. The van der Waals surface area contributed by atoms with Gasteiger partial charge in [0, 0.05) is 13.0 Å². The summed E-state index contributed by atoms with van der Waals surface area (Å²) in [5, 5.41) is 17.2. The largest absolute Gasteiger partial charge is 0.494 e. The van der Waals surface area contributed by atoms with Gasteiger partial charge in [-0.1, -0.05) is 31.2 Å². The fourth-order valence-corrected chi connectivity index (χ4v) is 2.15. The van der Waals surface area contributed by atoms with E-state index < -0.39 is 0 Å². The van der Waals surface area contributed by atoms with E-state index in [9.17, 15) is 5.26 Å². The zero-order valence-electron chi connectivity index (χ0n) is 12.7. The maximum Gasteiger partial charge on any atom is 0.186 e. The summed E-state index contributed by atoms with van der Waals surface area (Å²) in [5.74, 6) is 1.31. The van der Waals surface area contributed by atoms with Gasteiger partial charge in [-0.05, 0) is 30.5 Å². The van der Waals surface area contributed by atoms with Crippen LogP contribution in [0.3, 0.4) is 0 Å². The zero-order valence-corrected chi connectivity index (χ0v) is 12.7. The van der Waals surface area contributed by atoms with E-state index in [0.717, 1.165) is 23.6 Å². The number of rotatable bonds is 6. The van der Waals surface area contributed by atoms with Crippen LogP contribution in [0.25, 0.3) is 0 Å². The third kappa shape index (κ3) is 3.82. The molecule has 0 bridgehead atoms. The molecule has 0 saturated heterocycles. The molecule has 0 saturated carbocycles. The van der Waals surface area contributed by atoms with Gasteiger partial charge in [-0.15, -0.1) is 5.10 Å². The van der Waals surface area contributed by atoms with E-state index in [1.54, 1.807) is 0 Å². The summed E-state index contributed by atoms with van der Waals surface area (Å²) in [6, 6.07) is 10.0. The van der Waals surface area contributed by atoms with Crippen molar-refractivity contribution in [3.05, 3.63) is 41.2 Å². The van der Waals surface area contributed by atoms with Crippen LogP contribution < -0.4 is 4.74 Å². The zero-order chi connectivity index (χ0) is 15.2. The van der Waals surface area contributed by atoms with Crippen molar-refractivity contribution in [3.8, 4) is 11.8 Å². The summed E-state index contributed by atoms with van der Waals surface area (Å²) in [5.41, 5.74) is 2.39. The molecule has 0 amide bonds. The van der Waals surface area contributed by atoms with Crippen molar-refractivity contribution in [1.29, 1.82) is 5.26 Å². The van der Waals surface area contributed by atoms with Gasteiger partial charge in [0.1, 0.15) is 11.8 Å². The lowest BCUT2D eigenvalue weighted by atomic mass is 10.1. The van der Waals surface area contributed by atoms with E-state index in [0.29, 0.717) is 24.6 Å². The van der Waals surface area contributed by atoms with Crippen LogP contribution in [0, 0.1) is 17.2 Å².